The summed E-state index contributed by atoms with van der Waals surface area (Å²) in [4.78, 5) is 12.1. The minimum absolute atomic E-state index is 0.276. The highest BCUT2D eigenvalue weighted by molar-refractivity contribution is 5.77. The van der Waals surface area contributed by atoms with Crippen molar-refractivity contribution >= 4 is 5.97 Å². The summed E-state index contributed by atoms with van der Waals surface area (Å²) in [5.41, 5.74) is -1.73. The molecule has 0 amide bonds. The third kappa shape index (κ3) is 3.05. The molecule has 1 saturated carbocycles. The zero-order chi connectivity index (χ0) is 13.8. The van der Waals surface area contributed by atoms with E-state index in [0.717, 1.165) is 25.7 Å². The van der Waals surface area contributed by atoms with Gasteiger partial charge in [0.15, 0.2) is 0 Å². The van der Waals surface area contributed by atoms with E-state index < -0.39 is 11.0 Å². The first-order chi connectivity index (χ1) is 8.37. The van der Waals surface area contributed by atoms with Crippen molar-refractivity contribution in [3.8, 4) is 0 Å². The zero-order valence-electron chi connectivity index (χ0n) is 12.3. The second-order valence-electron chi connectivity index (χ2n) is 6.08. The van der Waals surface area contributed by atoms with Gasteiger partial charge < -0.3 is 9.84 Å². The van der Waals surface area contributed by atoms with E-state index in [2.05, 4.69) is 6.92 Å². The van der Waals surface area contributed by atoms with Gasteiger partial charge in [-0.25, -0.2) is 0 Å². The van der Waals surface area contributed by atoms with Crippen molar-refractivity contribution < 1.29 is 14.6 Å². The van der Waals surface area contributed by atoms with E-state index in [1.165, 1.54) is 0 Å². The van der Waals surface area contributed by atoms with Gasteiger partial charge in [-0.1, -0.05) is 26.2 Å². The monoisotopic (exact) mass is 256 g/mol. The number of carbonyl (C=O) groups is 1. The minimum Gasteiger partial charge on any atom is -0.465 e. The molecule has 2 unspecified atom stereocenters. The highest BCUT2D eigenvalue weighted by Crippen LogP contribution is 2.43. The third-order valence-corrected chi connectivity index (χ3v) is 4.70. The van der Waals surface area contributed by atoms with Crippen LogP contribution in [0, 0.1) is 11.3 Å². The molecule has 1 N–H and O–H groups in total. The van der Waals surface area contributed by atoms with Crippen LogP contribution in [0.4, 0.5) is 0 Å². The first-order valence-corrected chi connectivity index (χ1v) is 7.27. The van der Waals surface area contributed by atoms with E-state index in [-0.39, 0.29) is 5.97 Å². The van der Waals surface area contributed by atoms with Crippen LogP contribution in [-0.2, 0) is 9.53 Å². The van der Waals surface area contributed by atoms with Crippen molar-refractivity contribution in [2.45, 2.75) is 71.8 Å². The number of hydrogen-bond acceptors (Lipinski definition) is 3. The average molecular weight is 256 g/mol. The van der Waals surface area contributed by atoms with E-state index in [0.29, 0.717) is 25.4 Å². The molecule has 106 valence electrons. The molecule has 1 fully saturated rings. The molecule has 1 aliphatic carbocycles. The molecule has 18 heavy (non-hydrogen) atoms. The highest BCUT2D eigenvalue weighted by Gasteiger charge is 2.49. The Hall–Kier alpha value is -0.570. The number of ether oxygens (including phenoxy) is 1. The van der Waals surface area contributed by atoms with E-state index in [4.69, 9.17) is 4.74 Å². The number of hydrogen-bond donors (Lipinski definition) is 1. The number of aliphatic hydroxyl groups is 1. The second kappa shape index (κ2) is 6.05. The Morgan fingerprint density at radius 2 is 2.00 bits per heavy atom. The maximum atomic E-state index is 12.1. The van der Waals surface area contributed by atoms with Gasteiger partial charge in [0.2, 0.25) is 0 Å². The Morgan fingerprint density at radius 3 is 2.56 bits per heavy atom. The van der Waals surface area contributed by atoms with Crippen molar-refractivity contribution in [3.05, 3.63) is 0 Å². The van der Waals surface area contributed by atoms with Gasteiger partial charge >= 0.3 is 5.97 Å². The van der Waals surface area contributed by atoms with Crippen LogP contribution >= 0.6 is 0 Å². The van der Waals surface area contributed by atoms with Crippen LogP contribution in [0.1, 0.15) is 66.2 Å². The van der Waals surface area contributed by atoms with E-state index in [1.54, 1.807) is 6.92 Å². The maximum Gasteiger partial charge on any atom is 0.314 e. The summed E-state index contributed by atoms with van der Waals surface area (Å²) in [5, 5.41) is 10.9. The van der Waals surface area contributed by atoms with Crippen molar-refractivity contribution in [1.29, 1.82) is 0 Å². The Morgan fingerprint density at radius 1 is 1.33 bits per heavy atom. The lowest BCUT2D eigenvalue weighted by molar-refractivity contribution is -0.172. The fourth-order valence-corrected chi connectivity index (χ4v) is 2.93. The van der Waals surface area contributed by atoms with Crippen LogP contribution in [0.25, 0.3) is 0 Å². The molecule has 0 spiro atoms. The summed E-state index contributed by atoms with van der Waals surface area (Å²) in [5.74, 6) is 0.416. The van der Waals surface area contributed by atoms with Crippen molar-refractivity contribution in [2.75, 3.05) is 6.61 Å². The molecule has 1 aliphatic rings. The Bertz CT molecular complexity index is 285. The lowest BCUT2D eigenvalue weighted by Gasteiger charge is -2.40. The molecule has 0 aliphatic heterocycles. The van der Waals surface area contributed by atoms with Gasteiger partial charge in [-0.15, -0.1) is 0 Å². The Kier molecular flexibility index (Phi) is 5.20. The number of rotatable bonds is 4. The molecule has 3 nitrogen and oxygen atoms in total. The topological polar surface area (TPSA) is 46.5 Å². The predicted molar refractivity (Wildman–Crippen MR) is 72.2 cm³/mol. The molecular formula is C15H28O3. The summed E-state index contributed by atoms with van der Waals surface area (Å²) in [6.45, 7) is 8.01. The number of esters is 1. The molecule has 0 radical (unpaired) electrons. The predicted octanol–water partition coefficient (Wildman–Crippen LogP) is 3.30. The largest absolute Gasteiger partial charge is 0.465 e. The Labute approximate surface area is 111 Å². The lowest BCUT2D eigenvalue weighted by Crippen LogP contribution is -2.50. The fourth-order valence-electron chi connectivity index (χ4n) is 2.93. The van der Waals surface area contributed by atoms with E-state index in [9.17, 15) is 9.90 Å². The molecule has 0 heterocycles. The molecule has 0 aromatic heterocycles. The van der Waals surface area contributed by atoms with Gasteiger partial charge in [-0.05, 0) is 46.0 Å². The molecule has 3 heteroatoms. The van der Waals surface area contributed by atoms with Gasteiger partial charge in [0.05, 0.1) is 17.6 Å². The third-order valence-electron chi connectivity index (χ3n) is 4.70. The normalized spacial score (nSPS) is 29.7. The van der Waals surface area contributed by atoms with Crippen LogP contribution < -0.4 is 0 Å². The van der Waals surface area contributed by atoms with Gasteiger partial charge in [-0.3, -0.25) is 4.79 Å². The van der Waals surface area contributed by atoms with Gasteiger partial charge in [-0.2, -0.15) is 0 Å². The van der Waals surface area contributed by atoms with Crippen LogP contribution in [0.3, 0.4) is 0 Å². The van der Waals surface area contributed by atoms with Crippen LogP contribution in [-0.4, -0.2) is 23.3 Å². The highest BCUT2D eigenvalue weighted by atomic mass is 16.5. The molecule has 0 aromatic rings. The standard InChI is InChI=1S/C15H28O3/c1-5-12-8-7-10-15(17,11-9-12)14(3,4)13(16)18-6-2/h12,17H,5-11H2,1-4H3. The summed E-state index contributed by atoms with van der Waals surface area (Å²) in [7, 11) is 0. The smallest absolute Gasteiger partial charge is 0.314 e. The molecule has 2 atom stereocenters. The Balaban J connectivity index is 2.81. The second-order valence-corrected chi connectivity index (χ2v) is 6.08. The maximum absolute atomic E-state index is 12.1. The van der Waals surface area contributed by atoms with Crippen molar-refractivity contribution in [1.82, 2.24) is 0 Å². The van der Waals surface area contributed by atoms with Gasteiger partial charge in [0.25, 0.3) is 0 Å². The summed E-state index contributed by atoms with van der Waals surface area (Å²) in [6.07, 6.45) is 5.74. The zero-order valence-corrected chi connectivity index (χ0v) is 12.3. The van der Waals surface area contributed by atoms with E-state index in [1.807, 2.05) is 13.8 Å². The summed E-state index contributed by atoms with van der Waals surface area (Å²) >= 11 is 0. The summed E-state index contributed by atoms with van der Waals surface area (Å²) < 4.78 is 5.12. The lowest BCUT2D eigenvalue weighted by atomic mass is 9.70. The van der Waals surface area contributed by atoms with Crippen molar-refractivity contribution in [2.24, 2.45) is 11.3 Å². The molecular weight excluding hydrogens is 228 g/mol. The summed E-state index contributed by atoms with van der Waals surface area (Å²) in [6, 6.07) is 0. The first-order valence-electron chi connectivity index (χ1n) is 7.27. The molecule has 0 aromatic carbocycles. The van der Waals surface area contributed by atoms with Gasteiger partial charge in [0, 0.05) is 0 Å². The van der Waals surface area contributed by atoms with Crippen LogP contribution in [0.15, 0.2) is 0 Å². The first kappa shape index (κ1) is 15.5. The van der Waals surface area contributed by atoms with Crippen molar-refractivity contribution in [3.63, 3.8) is 0 Å². The fraction of sp³-hybridized carbons (Fsp3) is 0.933. The van der Waals surface area contributed by atoms with Crippen LogP contribution in [0.5, 0.6) is 0 Å². The molecule has 0 saturated heterocycles. The molecule has 0 bridgehead atoms. The SMILES string of the molecule is CCOC(=O)C(C)(C)C1(O)CCCC(CC)CC1. The van der Waals surface area contributed by atoms with Gasteiger partial charge in [0.1, 0.15) is 0 Å². The average Bonchev–Trinajstić information content (AvgIpc) is 2.52. The van der Waals surface area contributed by atoms with E-state index >= 15 is 0 Å². The molecule has 1 rings (SSSR count). The number of carbonyl (C=O) groups excluding carboxylic acids is 1. The quantitative estimate of drug-likeness (QED) is 0.620. The van der Waals surface area contributed by atoms with Crippen LogP contribution in [0.2, 0.25) is 0 Å². The minimum atomic E-state index is -0.914.